The zero-order valence-electron chi connectivity index (χ0n) is 10.8. The van der Waals surface area contributed by atoms with Crippen molar-refractivity contribution in [3.8, 4) is 0 Å². The molecule has 0 aliphatic carbocycles. The number of nitrogen functional groups attached to an aromatic ring is 1. The average Bonchev–Trinajstić information content (AvgIpc) is 2.58. The fraction of sp³-hybridized carbons (Fsp3) is 0.545. The zero-order chi connectivity index (χ0) is 13.7. The highest BCUT2D eigenvalue weighted by Gasteiger charge is 2.17. The molecule has 1 aromatic heterocycles. The van der Waals surface area contributed by atoms with Gasteiger partial charge in [0.05, 0.1) is 12.3 Å². The van der Waals surface area contributed by atoms with Gasteiger partial charge in [-0.15, -0.1) is 0 Å². The lowest BCUT2D eigenvalue weighted by molar-refractivity contribution is -0.122. The topological polar surface area (TPSA) is 99.2 Å². The predicted octanol–water partition coefficient (Wildman–Crippen LogP) is 0.167. The molecule has 0 saturated carbocycles. The molecule has 0 aromatic carbocycles. The molecular formula is C11H18N4O3. The summed E-state index contributed by atoms with van der Waals surface area (Å²) in [6.45, 7) is 5.68. The van der Waals surface area contributed by atoms with Gasteiger partial charge in [-0.05, 0) is 20.8 Å². The Morgan fingerprint density at radius 2 is 2.22 bits per heavy atom. The number of nitrogens with one attached hydrogen (secondary N) is 1. The summed E-state index contributed by atoms with van der Waals surface area (Å²) < 4.78 is 6.12. The molecule has 0 radical (unpaired) electrons. The van der Waals surface area contributed by atoms with Gasteiger partial charge in [-0.1, -0.05) is 0 Å². The van der Waals surface area contributed by atoms with Crippen LogP contribution in [-0.4, -0.2) is 34.3 Å². The van der Waals surface area contributed by atoms with Crippen LogP contribution in [0.4, 0.5) is 5.69 Å². The van der Waals surface area contributed by atoms with Crippen LogP contribution in [0.15, 0.2) is 6.20 Å². The predicted molar refractivity (Wildman–Crippen MR) is 65.9 cm³/mol. The van der Waals surface area contributed by atoms with Gasteiger partial charge in [0.15, 0.2) is 5.69 Å². The molecule has 7 heteroatoms. The van der Waals surface area contributed by atoms with E-state index in [0.29, 0.717) is 0 Å². The number of esters is 1. The molecule has 1 aromatic rings. The maximum absolute atomic E-state index is 11.5. The Hall–Kier alpha value is -2.05. The lowest BCUT2D eigenvalue weighted by Gasteiger charge is -2.07. The maximum Gasteiger partial charge on any atom is 0.361 e. The van der Waals surface area contributed by atoms with Crippen molar-refractivity contribution in [3.63, 3.8) is 0 Å². The molecule has 0 bridgehead atoms. The molecule has 0 aliphatic rings. The largest absolute Gasteiger partial charge is 0.461 e. The van der Waals surface area contributed by atoms with Gasteiger partial charge in [0.1, 0.15) is 6.54 Å². The second-order valence-corrected chi connectivity index (χ2v) is 4.07. The Morgan fingerprint density at radius 1 is 1.56 bits per heavy atom. The molecular weight excluding hydrogens is 236 g/mol. The monoisotopic (exact) mass is 254 g/mol. The summed E-state index contributed by atoms with van der Waals surface area (Å²) in [5, 5.41) is 6.65. The molecule has 1 heterocycles. The van der Waals surface area contributed by atoms with Crippen molar-refractivity contribution in [1.29, 1.82) is 0 Å². The number of carbonyl (C=O) groups excluding carboxylic acids is 2. The van der Waals surface area contributed by atoms with Gasteiger partial charge in [0.2, 0.25) is 5.91 Å². The van der Waals surface area contributed by atoms with Crippen molar-refractivity contribution in [3.05, 3.63) is 11.9 Å². The summed E-state index contributed by atoms with van der Waals surface area (Å²) in [6.07, 6.45) is 1.44. The average molecular weight is 254 g/mol. The molecule has 1 rings (SSSR count). The molecule has 0 fully saturated rings. The highest BCUT2D eigenvalue weighted by Crippen LogP contribution is 2.10. The third-order valence-corrected chi connectivity index (χ3v) is 2.01. The number of anilines is 1. The molecule has 7 nitrogen and oxygen atoms in total. The maximum atomic E-state index is 11.5. The molecule has 0 saturated heterocycles. The number of rotatable bonds is 5. The van der Waals surface area contributed by atoms with Crippen LogP contribution in [0.5, 0.6) is 0 Å². The van der Waals surface area contributed by atoms with Gasteiger partial charge >= 0.3 is 5.97 Å². The highest BCUT2D eigenvalue weighted by atomic mass is 16.5. The molecule has 0 unspecified atom stereocenters. The van der Waals surface area contributed by atoms with E-state index in [1.54, 1.807) is 6.92 Å². The minimum Gasteiger partial charge on any atom is -0.461 e. The lowest BCUT2D eigenvalue weighted by Crippen LogP contribution is -2.33. The fourth-order valence-corrected chi connectivity index (χ4v) is 1.39. The van der Waals surface area contributed by atoms with Gasteiger partial charge in [0, 0.05) is 12.2 Å². The Bertz CT molecular complexity index is 439. The molecule has 0 atom stereocenters. The minimum absolute atomic E-state index is 0.0157. The van der Waals surface area contributed by atoms with E-state index >= 15 is 0 Å². The van der Waals surface area contributed by atoms with E-state index in [9.17, 15) is 9.59 Å². The van der Waals surface area contributed by atoms with Crippen molar-refractivity contribution in [1.82, 2.24) is 15.1 Å². The van der Waals surface area contributed by atoms with Crippen LogP contribution in [0.2, 0.25) is 0 Å². The summed E-state index contributed by atoms with van der Waals surface area (Å²) in [5.41, 5.74) is 5.87. The van der Waals surface area contributed by atoms with Gasteiger partial charge < -0.3 is 15.8 Å². The van der Waals surface area contributed by atoms with Crippen LogP contribution in [0.1, 0.15) is 31.3 Å². The van der Waals surface area contributed by atoms with Gasteiger partial charge in [-0.3, -0.25) is 9.48 Å². The van der Waals surface area contributed by atoms with Crippen LogP contribution in [0, 0.1) is 0 Å². The van der Waals surface area contributed by atoms with Crippen LogP contribution < -0.4 is 11.1 Å². The first kappa shape index (κ1) is 14.0. The van der Waals surface area contributed by atoms with Crippen molar-refractivity contribution >= 4 is 17.6 Å². The second kappa shape index (κ2) is 6.04. The summed E-state index contributed by atoms with van der Waals surface area (Å²) in [5.74, 6) is -0.777. The number of amides is 1. The third kappa shape index (κ3) is 3.76. The van der Waals surface area contributed by atoms with Crippen LogP contribution in [0.25, 0.3) is 0 Å². The van der Waals surface area contributed by atoms with Gasteiger partial charge in [0.25, 0.3) is 0 Å². The third-order valence-electron chi connectivity index (χ3n) is 2.01. The standard InChI is InChI=1S/C11H18N4O3/c1-4-18-11(17)10-8(12)5-15(14-10)6-9(16)13-7(2)3/h5,7H,4,6,12H2,1-3H3,(H,13,16). The van der Waals surface area contributed by atoms with E-state index in [4.69, 9.17) is 10.5 Å². The Balaban J connectivity index is 2.72. The normalized spacial score (nSPS) is 10.4. The number of aromatic nitrogens is 2. The van der Waals surface area contributed by atoms with E-state index in [2.05, 4.69) is 10.4 Å². The smallest absolute Gasteiger partial charge is 0.361 e. The number of hydrogen-bond acceptors (Lipinski definition) is 5. The Morgan fingerprint density at radius 3 is 2.78 bits per heavy atom. The lowest BCUT2D eigenvalue weighted by atomic mass is 10.4. The van der Waals surface area contributed by atoms with Gasteiger partial charge in [-0.2, -0.15) is 5.10 Å². The number of hydrogen-bond donors (Lipinski definition) is 2. The SMILES string of the molecule is CCOC(=O)c1nn(CC(=O)NC(C)C)cc1N. The quantitative estimate of drug-likeness (QED) is 0.729. The number of nitrogens with zero attached hydrogens (tertiary/aromatic N) is 2. The summed E-state index contributed by atoms with van der Waals surface area (Å²) in [6, 6.07) is 0.0509. The summed E-state index contributed by atoms with van der Waals surface area (Å²) in [4.78, 5) is 23.0. The molecule has 0 aliphatic heterocycles. The first-order valence-electron chi connectivity index (χ1n) is 5.73. The summed E-state index contributed by atoms with van der Waals surface area (Å²) in [7, 11) is 0. The number of carbonyl (C=O) groups is 2. The van der Waals surface area contributed by atoms with Crippen molar-refractivity contribution in [2.24, 2.45) is 0 Å². The first-order valence-corrected chi connectivity index (χ1v) is 5.73. The Kier molecular flexibility index (Phi) is 4.70. The zero-order valence-corrected chi connectivity index (χ0v) is 10.8. The van der Waals surface area contributed by atoms with Crippen LogP contribution in [-0.2, 0) is 16.1 Å². The number of nitrogens with two attached hydrogens (primary N) is 1. The van der Waals surface area contributed by atoms with Crippen molar-refractivity contribution in [2.75, 3.05) is 12.3 Å². The van der Waals surface area contributed by atoms with E-state index in [1.165, 1.54) is 10.9 Å². The van der Waals surface area contributed by atoms with E-state index in [1.807, 2.05) is 13.8 Å². The van der Waals surface area contributed by atoms with Crippen LogP contribution >= 0.6 is 0 Å². The van der Waals surface area contributed by atoms with E-state index in [0.717, 1.165) is 0 Å². The first-order chi connectivity index (χ1) is 8.43. The molecule has 0 spiro atoms. The minimum atomic E-state index is -0.585. The van der Waals surface area contributed by atoms with Gasteiger partial charge in [-0.25, -0.2) is 4.79 Å². The fourth-order valence-electron chi connectivity index (χ4n) is 1.39. The Labute approximate surface area is 105 Å². The molecule has 100 valence electrons. The van der Waals surface area contributed by atoms with E-state index < -0.39 is 5.97 Å². The second-order valence-electron chi connectivity index (χ2n) is 4.07. The molecule has 3 N–H and O–H groups in total. The van der Waals surface area contributed by atoms with Crippen molar-refractivity contribution < 1.29 is 14.3 Å². The van der Waals surface area contributed by atoms with Crippen LogP contribution in [0.3, 0.4) is 0 Å². The molecule has 18 heavy (non-hydrogen) atoms. The highest BCUT2D eigenvalue weighted by molar-refractivity contribution is 5.92. The summed E-state index contributed by atoms with van der Waals surface area (Å²) >= 11 is 0. The van der Waals surface area contributed by atoms with Crippen molar-refractivity contribution in [2.45, 2.75) is 33.4 Å². The van der Waals surface area contributed by atoms with E-state index in [-0.39, 0.29) is 36.5 Å². The number of ether oxygens (including phenoxy) is 1. The molecule has 1 amide bonds.